The third-order valence-electron chi connectivity index (χ3n) is 6.07. The monoisotopic (exact) mass is 522 g/mol. The Balaban J connectivity index is 1.77. The van der Waals surface area contributed by atoms with Crippen LogP contribution in [0, 0.1) is 13.8 Å². The number of ether oxygens (including phenoxy) is 1. The molecule has 0 aliphatic carbocycles. The molecular weight excluding hydrogens is 488 g/mol. The molecule has 3 aromatic rings. The Morgan fingerprint density at radius 3 is 2.30 bits per heavy atom. The number of rotatable bonds is 8. The van der Waals surface area contributed by atoms with Crippen LogP contribution in [0.1, 0.15) is 60.3 Å². The number of anilines is 2. The minimum absolute atomic E-state index is 0.00800. The van der Waals surface area contributed by atoms with Gasteiger partial charge in [-0.05, 0) is 66.1 Å². The van der Waals surface area contributed by atoms with Crippen LogP contribution in [0.5, 0.6) is 0 Å². The van der Waals surface area contributed by atoms with Gasteiger partial charge in [-0.25, -0.2) is 13.2 Å². The summed E-state index contributed by atoms with van der Waals surface area (Å²) in [5.41, 5.74) is 3.88. The number of carbonyl (C=O) groups excluding carboxylic acids is 2. The van der Waals surface area contributed by atoms with E-state index in [4.69, 9.17) is 4.74 Å². The van der Waals surface area contributed by atoms with Gasteiger partial charge in [0.1, 0.15) is 0 Å². The van der Waals surface area contributed by atoms with Crippen LogP contribution in [-0.4, -0.2) is 26.9 Å². The lowest BCUT2D eigenvalue weighted by Gasteiger charge is -2.21. The molecule has 0 aromatic heterocycles. The van der Waals surface area contributed by atoms with Crippen molar-refractivity contribution in [3.05, 3.63) is 88.5 Å². The lowest BCUT2D eigenvalue weighted by Crippen LogP contribution is -2.23. The summed E-state index contributed by atoms with van der Waals surface area (Å²) in [7, 11) is -4.00. The largest absolute Gasteiger partial charge is 0.452 e. The molecule has 8 heteroatoms. The highest BCUT2D eigenvalue weighted by molar-refractivity contribution is 7.92. The fourth-order valence-corrected chi connectivity index (χ4v) is 5.24. The Morgan fingerprint density at radius 1 is 0.919 bits per heavy atom. The Kier molecular flexibility index (Phi) is 8.43. The van der Waals surface area contributed by atoms with Crippen LogP contribution in [0.3, 0.4) is 0 Å². The van der Waals surface area contributed by atoms with Crippen molar-refractivity contribution >= 4 is 33.3 Å². The smallest absolute Gasteiger partial charge is 0.340 e. The van der Waals surface area contributed by atoms with Crippen molar-refractivity contribution in [3.8, 4) is 0 Å². The Labute approximate surface area is 219 Å². The van der Waals surface area contributed by atoms with E-state index < -0.39 is 28.5 Å². The molecule has 0 radical (unpaired) electrons. The summed E-state index contributed by atoms with van der Waals surface area (Å²) >= 11 is 0. The van der Waals surface area contributed by atoms with Crippen molar-refractivity contribution in [1.82, 2.24) is 0 Å². The maximum atomic E-state index is 13.3. The van der Waals surface area contributed by atoms with Gasteiger partial charge in [0, 0.05) is 5.69 Å². The number of para-hydroxylation sites is 2. The predicted octanol–water partition coefficient (Wildman–Crippen LogP) is 5.76. The molecule has 1 amide bonds. The summed E-state index contributed by atoms with van der Waals surface area (Å²) in [6.07, 6.45) is 0.739. The molecule has 3 aromatic carbocycles. The standard InChI is InChI=1S/C29H34N2O5S/c1-7-21-12-10-11-20(3)27(21)30-26(32)18-36-28(33)23-13-8-9-14-24(23)31-37(34,35)25-17-22(29(4,5)6)16-15-19(25)2/h8-17,31H,7,18H2,1-6H3,(H,30,32). The molecule has 2 N–H and O–H groups in total. The number of esters is 1. The van der Waals surface area contributed by atoms with Gasteiger partial charge in [-0.3, -0.25) is 9.52 Å². The van der Waals surface area contributed by atoms with Gasteiger partial charge in [-0.2, -0.15) is 0 Å². The van der Waals surface area contributed by atoms with Gasteiger partial charge >= 0.3 is 5.97 Å². The molecular formula is C29H34N2O5S. The zero-order valence-corrected chi connectivity index (χ0v) is 23.0. The number of carbonyl (C=O) groups is 2. The molecule has 0 unspecified atom stereocenters. The minimum atomic E-state index is -4.00. The third-order valence-corrected chi connectivity index (χ3v) is 7.58. The first kappa shape index (κ1) is 27.9. The highest BCUT2D eigenvalue weighted by atomic mass is 32.2. The molecule has 7 nitrogen and oxygen atoms in total. The lowest BCUT2D eigenvalue weighted by molar-refractivity contribution is -0.119. The number of nitrogens with one attached hydrogen (secondary N) is 2. The highest BCUT2D eigenvalue weighted by Gasteiger charge is 2.24. The summed E-state index contributed by atoms with van der Waals surface area (Å²) in [5, 5.41) is 2.81. The minimum Gasteiger partial charge on any atom is -0.452 e. The molecule has 3 rings (SSSR count). The number of hydrogen-bond acceptors (Lipinski definition) is 5. The molecule has 0 spiro atoms. The quantitative estimate of drug-likeness (QED) is 0.366. The van der Waals surface area contributed by atoms with Crippen molar-refractivity contribution < 1.29 is 22.7 Å². The second-order valence-corrected chi connectivity index (χ2v) is 11.6. The SMILES string of the molecule is CCc1cccc(C)c1NC(=O)COC(=O)c1ccccc1NS(=O)(=O)c1cc(C(C)(C)C)ccc1C. The third kappa shape index (κ3) is 6.77. The van der Waals surface area contributed by atoms with E-state index in [0.717, 1.165) is 23.1 Å². The van der Waals surface area contributed by atoms with E-state index in [2.05, 4.69) is 10.0 Å². The van der Waals surface area contributed by atoms with Crippen LogP contribution in [0.25, 0.3) is 0 Å². The summed E-state index contributed by atoms with van der Waals surface area (Å²) in [4.78, 5) is 25.5. The topological polar surface area (TPSA) is 102 Å². The summed E-state index contributed by atoms with van der Waals surface area (Å²) in [6.45, 7) is 11.1. The van der Waals surface area contributed by atoms with Crippen LogP contribution in [-0.2, 0) is 31.4 Å². The molecule has 0 heterocycles. The van der Waals surface area contributed by atoms with Crippen molar-refractivity contribution in [2.45, 2.75) is 58.3 Å². The van der Waals surface area contributed by atoms with E-state index in [1.54, 1.807) is 31.2 Å². The van der Waals surface area contributed by atoms with Gasteiger partial charge in [0.05, 0.1) is 16.1 Å². The number of sulfonamides is 1. The Hall–Kier alpha value is -3.65. The van der Waals surface area contributed by atoms with Crippen molar-refractivity contribution in [3.63, 3.8) is 0 Å². The fourth-order valence-electron chi connectivity index (χ4n) is 3.89. The average Bonchev–Trinajstić information content (AvgIpc) is 2.83. The maximum Gasteiger partial charge on any atom is 0.340 e. The molecule has 37 heavy (non-hydrogen) atoms. The van der Waals surface area contributed by atoms with Crippen molar-refractivity contribution in [1.29, 1.82) is 0 Å². The van der Waals surface area contributed by atoms with Crippen LogP contribution < -0.4 is 10.0 Å². The number of aryl methyl sites for hydroxylation is 3. The van der Waals surface area contributed by atoms with Crippen molar-refractivity contribution in [2.75, 3.05) is 16.6 Å². The molecule has 0 aliphatic heterocycles. The van der Waals surface area contributed by atoms with Gasteiger partial charge in [0.15, 0.2) is 6.61 Å². The first-order chi connectivity index (χ1) is 17.3. The Bertz CT molecular complexity index is 1420. The van der Waals surface area contributed by atoms with E-state index in [0.29, 0.717) is 11.3 Å². The van der Waals surface area contributed by atoms with Crippen LogP contribution in [0.15, 0.2) is 65.6 Å². The van der Waals surface area contributed by atoms with Crippen LogP contribution in [0.4, 0.5) is 11.4 Å². The zero-order chi connectivity index (χ0) is 27.4. The van der Waals surface area contributed by atoms with E-state index >= 15 is 0 Å². The van der Waals surface area contributed by atoms with Gasteiger partial charge in [-0.15, -0.1) is 0 Å². The normalized spacial score (nSPS) is 11.6. The molecule has 0 saturated carbocycles. The molecule has 0 atom stereocenters. The van der Waals surface area contributed by atoms with E-state index in [9.17, 15) is 18.0 Å². The maximum absolute atomic E-state index is 13.3. The molecule has 0 fully saturated rings. The molecule has 0 bridgehead atoms. The fraction of sp³-hybridized carbons (Fsp3) is 0.310. The van der Waals surface area contributed by atoms with E-state index in [-0.39, 0.29) is 21.6 Å². The second kappa shape index (κ2) is 11.2. The first-order valence-corrected chi connectivity index (χ1v) is 13.6. The predicted molar refractivity (Wildman–Crippen MR) is 147 cm³/mol. The molecule has 0 aliphatic rings. The van der Waals surface area contributed by atoms with Gasteiger partial charge in [0.2, 0.25) is 0 Å². The Morgan fingerprint density at radius 2 is 1.62 bits per heavy atom. The van der Waals surface area contributed by atoms with Gasteiger partial charge in [0.25, 0.3) is 15.9 Å². The molecule has 0 saturated heterocycles. The zero-order valence-electron chi connectivity index (χ0n) is 22.1. The lowest BCUT2D eigenvalue weighted by atomic mass is 9.87. The second-order valence-electron chi connectivity index (χ2n) is 9.97. The van der Waals surface area contributed by atoms with Gasteiger partial charge in [-0.1, -0.05) is 70.2 Å². The van der Waals surface area contributed by atoms with Crippen LogP contribution >= 0.6 is 0 Å². The number of amides is 1. The number of benzene rings is 3. The summed E-state index contributed by atoms with van der Waals surface area (Å²) in [5.74, 6) is -1.29. The highest BCUT2D eigenvalue weighted by Crippen LogP contribution is 2.29. The number of hydrogen-bond donors (Lipinski definition) is 2. The van der Waals surface area contributed by atoms with E-state index in [1.165, 1.54) is 12.1 Å². The van der Waals surface area contributed by atoms with Crippen molar-refractivity contribution in [2.24, 2.45) is 0 Å². The summed E-state index contributed by atoms with van der Waals surface area (Å²) in [6, 6.07) is 17.2. The van der Waals surface area contributed by atoms with Crippen LogP contribution in [0.2, 0.25) is 0 Å². The summed E-state index contributed by atoms with van der Waals surface area (Å²) < 4.78 is 34.4. The molecule has 196 valence electrons. The van der Waals surface area contributed by atoms with E-state index in [1.807, 2.05) is 58.9 Å². The van der Waals surface area contributed by atoms with Gasteiger partial charge < -0.3 is 10.1 Å². The average molecular weight is 523 g/mol. The first-order valence-electron chi connectivity index (χ1n) is 12.1.